The molecule has 7 fully saturated rings. The lowest BCUT2D eigenvalue weighted by atomic mass is 9.82. The highest BCUT2D eigenvalue weighted by Crippen LogP contribution is 2.43. The summed E-state index contributed by atoms with van der Waals surface area (Å²) in [7, 11) is 1.69. The Hall–Kier alpha value is -6.44. The van der Waals surface area contributed by atoms with Gasteiger partial charge in [0.1, 0.15) is 16.6 Å². The van der Waals surface area contributed by atoms with E-state index in [1.165, 1.54) is 49.8 Å². The molecule has 3 N–H and O–H groups in total. The van der Waals surface area contributed by atoms with Gasteiger partial charge in [0.05, 0.1) is 153 Å². The lowest BCUT2D eigenvalue weighted by Crippen LogP contribution is -2.47. The van der Waals surface area contributed by atoms with E-state index in [9.17, 15) is 8.42 Å². The Bertz CT molecular complexity index is 5320. The molecule has 12 aromatic rings. The smallest absolute Gasteiger partial charge is 0.481 e. The first-order valence-electron chi connectivity index (χ1n) is 36.4. The number of rotatable bonds is 13. The van der Waals surface area contributed by atoms with Crippen molar-refractivity contribution in [2.24, 2.45) is 0 Å². The van der Waals surface area contributed by atoms with E-state index in [4.69, 9.17) is 97.9 Å². The average Bonchev–Trinajstić information content (AvgIpc) is 1.58. The summed E-state index contributed by atoms with van der Waals surface area (Å²) in [5, 5.41) is 29.7. The number of anilines is 2. The summed E-state index contributed by atoms with van der Waals surface area (Å²) in [6, 6.07) is 17.2. The van der Waals surface area contributed by atoms with Crippen molar-refractivity contribution >= 4 is 203 Å². The summed E-state index contributed by atoms with van der Waals surface area (Å²) < 4.78 is 69.2. The van der Waals surface area contributed by atoms with Crippen LogP contribution in [0.15, 0.2) is 108 Å². The fourth-order valence-electron chi connectivity index (χ4n) is 13.9. The monoisotopic (exact) mass is 1900 g/mol. The third-order valence-electron chi connectivity index (χ3n) is 19.5. The van der Waals surface area contributed by atoms with Crippen LogP contribution < -0.4 is 39.5 Å². The minimum Gasteiger partial charge on any atom is -0.481 e. The molecule has 19 heterocycles. The first-order chi connectivity index (χ1) is 55.2. The number of aromatic nitrogens is 12. The highest BCUT2D eigenvalue weighted by molar-refractivity contribution is 9.11. The Morgan fingerprint density at radius 2 is 0.877 bits per heavy atom. The largest absolute Gasteiger partial charge is 0.490 e. The number of thiophene rings is 4. The minimum absolute atomic E-state index is 0.173. The molecule has 7 aliphatic rings. The number of sulfonamides is 1. The molecule has 7 aliphatic heterocycles. The van der Waals surface area contributed by atoms with Crippen molar-refractivity contribution in [1.82, 2.24) is 74.3 Å². The topological polar surface area (TPSA) is 319 Å². The van der Waals surface area contributed by atoms with Gasteiger partial charge in [-0.05, 0) is 139 Å². The van der Waals surface area contributed by atoms with Gasteiger partial charge in [-0.2, -0.15) is 4.31 Å². The number of hydrogen-bond acceptors (Lipinski definition) is 31. The van der Waals surface area contributed by atoms with Crippen molar-refractivity contribution < 1.29 is 51.6 Å². The average molecular weight is 1900 g/mol. The van der Waals surface area contributed by atoms with E-state index in [1.807, 2.05) is 67.3 Å². The van der Waals surface area contributed by atoms with Gasteiger partial charge in [-0.3, -0.25) is 4.90 Å². The summed E-state index contributed by atoms with van der Waals surface area (Å²) in [5.41, 5.74) is 10.4. The molecule has 6 bridgehead atoms. The molecule has 602 valence electrons. The predicted octanol–water partition coefficient (Wildman–Crippen LogP) is 14.0. The molecule has 40 heteroatoms. The number of fused-ring (bicyclic) bond motifs is 10. The van der Waals surface area contributed by atoms with Crippen LogP contribution in [0.3, 0.4) is 0 Å². The minimum atomic E-state index is -3.15. The van der Waals surface area contributed by atoms with E-state index in [0.717, 1.165) is 164 Å². The van der Waals surface area contributed by atoms with Gasteiger partial charge in [-0.15, -0.1) is 45.3 Å². The second-order valence-electron chi connectivity index (χ2n) is 26.6. The fraction of sp³-hybridized carbons (Fsp3) is 0.405. The van der Waals surface area contributed by atoms with Crippen LogP contribution in [0, 0.1) is 0 Å². The third kappa shape index (κ3) is 20.3. The maximum Gasteiger partial charge on any atom is 0.490 e. The Labute approximate surface area is 715 Å². The van der Waals surface area contributed by atoms with Gasteiger partial charge in [0.15, 0.2) is 5.15 Å². The lowest BCUT2D eigenvalue weighted by molar-refractivity contribution is 0.0728. The van der Waals surface area contributed by atoms with Gasteiger partial charge in [0.25, 0.3) is 0 Å². The normalized spacial score (nSPS) is 19.5. The first-order valence-corrected chi connectivity index (χ1v) is 45.3. The molecule has 0 saturated carbocycles. The van der Waals surface area contributed by atoms with Gasteiger partial charge in [-0.25, -0.2) is 68.2 Å². The van der Waals surface area contributed by atoms with E-state index in [-0.39, 0.29) is 10.6 Å². The number of halogens is 6. The molecule has 114 heavy (non-hydrogen) atoms. The zero-order valence-electron chi connectivity index (χ0n) is 62.8. The van der Waals surface area contributed by atoms with Crippen LogP contribution in [0.4, 0.5) is 11.9 Å². The second-order valence-corrected chi connectivity index (χ2v) is 35.7. The molecule has 7 saturated heterocycles. The molecular weight excluding hydrogens is 1820 g/mol. The standard InChI is InChI=1S/C24H30N6O4S2.C18H17BrN4O2S.C12H7BrClN3OS.C6H8BNO3.C6HBrCl2N2S.C6H11NO.C2H6/c1-33-20-6-3-16(11-25-20)21-23-22(27-24(26-21)30-18-4-5-19(30)14-34-13-18)17(15-35-23)12-28-7-9-29(10-8-28)36(2,31)32;1-24-14-5-2-10(6-20-14)15-17-16(13(19)9-26-17)22-18(21-15)23-11-3-4-12(23)8-25-7-11;1-18-8-3-2-6(4-15-8)9-11-10(7(13)5-19-11)17-12(14)16-9;1-11-6-3-2-5(4-8-6)7(9)10;7-2-1-12-4-3(2)10-6(9)11-5(4)8;1-2-6-4-8-3-5(1)7-6;1-2/h3,6,11,15,18-19H,4-5,7-10,12-14H2,1-2H3;2,5-6,9,11-12H,3-4,7-8H2,1H3;2-5H,1H3;2-4,9-10H,1H3;1H;5-7H,1-4H2;1-2H3. The quantitative estimate of drug-likeness (QED) is 0.0548. The van der Waals surface area contributed by atoms with Gasteiger partial charge in [0, 0.05) is 132 Å². The number of methoxy groups -OCH3 is 4. The molecule has 0 spiro atoms. The van der Waals surface area contributed by atoms with Gasteiger partial charge < -0.3 is 58.3 Å². The molecule has 0 aromatic carbocycles. The predicted molar refractivity (Wildman–Crippen MR) is 462 cm³/mol. The van der Waals surface area contributed by atoms with Gasteiger partial charge in [-0.1, -0.05) is 31.5 Å². The Kier molecular flexibility index (Phi) is 29.5. The van der Waals surface area contributed by atoms with E-state index >= 15 is 0 Å². The summed E-state index contributed by atoms with van der Waals surface area (Å²) in [6.07, 6.45) is 15.1. The van der Waals surface area contributed by atoms with Gasteiger partial charge in [0.2, 0.25) is 56.0 Å². The van der Waals surface area contributed by atoms with E-state index in [1.54, 1.807) is 78.0 Å². The van der Waals surface area contributed by atoms with Gasteiger partial charge >= 0.3 is 7.12 Å². The maximum atomic E-state index is 11.9. The number of nitrogens with zero attached hydrogens (tertiary/aromatic N) is 16. The van der Waals surface area contributed by atoms with Crippen LogP contribution in [-0.2, 0) is 30.8 Å². The van der Waals surface area contributed by atoms with Crippen molar-refractivity contribution in [1.29, 1.82) is 0 Å². The Balaban J connectivity index is 0.000000127. The SMILES string of the molecule is C1CC2COCC1N2.CC.COc1ccc(-c2nc(Cl)nc3c(Br)csc23)cn1.COc1ccc(-c2nc(N3C4CCC3COC4)nc3c(Br)csc23)cn1.COc1ccc(-c2nc(N3C4CCC3COC4)nc3c(CN4CCN(S(C)(=O)=O)CC4)csc23)cn1.COc1ccc(B(O)O)cn1.Clc1nc(Cl)c2scc(Br)c2n1. The van der Waals surface area contributed by atoms with Crippen LogP contribution >= 0.6 is 128 Å². The van der Waals surface area contributed by atoms with Crippen molar-refractivity contribution in [3.63, 3.8) is 0 Å². The van der Waals surface area contributed by atoms with Crippen LogP contribution in [0.1, 0.15) is 57.9 Å². The molecule has 0 radical (unpaired) electrons. The molecule has 0 aliphatic carbocycles. The maximum absolute atomic E-state index is 11.9. The van der Waals surface area contributed by atoms with Crippen LogP contribution in [0.25, 0.3) is 74.6 Å². The number of morpholine rings is 3. The lowest BCUT2D eigenvalue weighted by Gasteiger charge is -2.35. The molecule has 19 rings (SSSR count). The van der Waals surface area contributed by atoms with E-state index in [2.05, 4.69) is 118 Å². The molecule has 12 aromatic heterocycles. The number of piperazine rings is 1. The summed E-state index contributed by atoms with van der Waals surface area (Å²) >= 11 is 34.2. The first kappa shape index (κ1) is 85.4. The highest BCUT2D eigenvalue weighted by atomic mass is 79.9. The van der Waals surface area contributed by atoms with Crippen molar-refractivity contribution in [2.45, 2.75) is 95.2 Å². The number of ether oxygens (including phenoxy) is 7. The van der Waals surface area contributed by atoms with Crippen molar-refractivity contribution in [2.75, 3.05) is 110 Å². The number of nitrogens with one attached hydrogen (secondary N) is 1. The molecule has 28 nitrogen and oxygen atoms in total. The zero-order valence-corrected chi connectivity index (χ0v) is 73.9. The summed E-state index contributed by atoms with van der Waals surface area (Å²) in [4.78, 5) is 60.2. The fourth-order valence-corrected chi connectivity index (χ4v) is 21.0. The van der Waals surface area contributed by atoms with E-state index in [0.29, 0.717) is 110 Å². The second kappa shape index (κ2) is 39.4. The molecule has 6 unspecified atom stereocenters. The number of hydrogen-bond donors (Lipinski definition) is 3. The molecular formula is C74H80BBr3Cl3N17O11S5. The van der Waals surface area contributed by atoms with Crippen molar-refractivity contribution in [3.8, 4) is 57.3 Å². The zero-order chi connectivity index (χ0) is 80.3. The summed E-state index contributed by atoms with van der Waals surface area (Å²) in [5.74, 6) is 3.72. The van der Waals surface area contributed by atoms with Crippen LogP contribution in [0.2, 0.25) is 15.7 Å². The van der Waals surface area contributed by atoms with Crippen LogP contribution in [-0.4, -0.2) is 231 Å². The Morgan fingerprint density at radius 3 is 1.29 bits per heavy atom. The molecule has 6 atom stereocenters. The Morgan fingerprint density at radius 1 is 0.491 bits per heavy atom. The summed E-state index contributed by atoms with van der Waals surface area (Å²) in [6.45, 7) is 12.0. The van der Waals surface area contributed by atoms with Crippen molar-refractivity contribution in [3.05, 3.63) is 130 Å². The van der Waals surface area contributed by atoms with E-state index < -0.39 is 17.1 Å². The highest BCUT2D eigenvalue weighted by Gasteiger charge is 2.41. The van der Waals surface area contributed by atoms with Crippen LogP contribution in [0.5, 0.6) is 23.5 Å². The molecule has 0 amide bonds. The third-order valence-corrected chi connectivity index (χ3v) is 28.2. The number of pyridine rings is 4.